The summed E-state index contributed by atoms with van der Waals surface area (Å²) in [6, 6.07) is 13.6. The Morgan fingerprint density at radius 1 is 1.19 bits per heavy atom. The Bertz CT molecular complexity index is 811. The standard InChI is InChI=1S/C16H14N2OS2/c1-10-6-5-9-13-14(10)17-16(21-13)18-15(19)11-7-3-4-8-12(11)20-2/h3-9H,1-2H3,(H,17,18,19). The molecule has 0 aliphatic rings. The number of fused-ring (bicyclic) bond motifs is 1. The molecule has 1 N–H and O–H groups in total. The van der Waals surface area contributed by atoms with Gasteiger partial charge in [0.15, 0.2) is 5.13 Å². The predicted octanol–water partition coefficient (Wildman–Crippen LogP) is 4.58. The molecular formula is C16H14N2OS2. The summed E-state index contributed by atoms with van der Waals surface area (Å²) >= 11 is 3.06. The van der Waals surface area contributed by atoms with Crippen LogP contribution in [0.15, 0.2) is 47.4 Å². The van der Waals surface area contributed by atoms with Crippen LogP contribution in [0.4, 0.5) is 5.13 Å². The average Bonchev–Trinajstić information content (AvgIpc) is 2.91. The summed E-state index contributed by atoms with van der Waals surface area (Å²) in [5.41, 5.74) is 2.76. The molecule has 0 unspecified atom stereocenters. The number of thiazole rings is 1. The van der Waals surface area contributed by atoms with Crippen LogP contribution in [0.25, 0.3) is 10.2 Å². The lowest BCUT2D eigenvalue weighted by Crippen LogP contribution is -2.12. The highest BCUT2D eigenvalue weighted by Crippen LogP contribution is 2.29. The van der Waals surface area contributed by atoms with Gasteiger partial charge in [-0.3, -0.25) is 10.1 Å². The maximum absolute atomic E-state index is 12.4. The number of anilines is 1. The van der Waals surface area contributed by atoms with Crippen LogP contribution in [0, 0.1) is 6.92 Å². The number of benzene rings is 2. The average molecular weight is 314 g/mol. The van der Waals surface area contributed by atoms with Gasteiger partial charge in [0.25, 0.3) is 5.91 Å². The molecule has 0 bridgehead atoms. The molecule has 1 aromatic heterocycles. The Kier molecular flexibility index (Phi) is 3.94. The molecular weight excluding hydrogens is 300 g/mol. The maximum Gasteiger partial charge on any atom is 0.258 e. The molecule has 2 aromatic carbocycles. The molecule has 0 saturated carbocycles. The quantitative estimate of drug-likeness (QED) is 0.720. The fourth-order valence-electron chi connectivity index (χ4n) is 2.14. The highest BCUT2D eigenvalue weighted by molar-refractivity contribution is 7.98. The Morgan fingerprint density at radius 3 is 2.76 bits per heavy atom. The minimum Gasteiger partial charge on any atom is -0.298 e. The highest BCUT2D eigenvalue weighted by atomic mass is 32.2. The van der Waals surface area contributed by atoms with Gasteiger partial charge < -0.3 is 0 Å². The van der Waals surface area contributed by atoms with Crippen LogP contribution in [-0.4, -0.2) is 17.1 Å². The van der Waals surface area contributed by atoms with Crippen molar-refractivity contribution in [2.75, 3.05) is 11.6 Å². The van der Waals surface area contributed by atoms with Crippen molar-refractivity contribution >= 4 is 44.4 Å². The minimum absolute atomic E-state index is 0.114. The van der Waals surface area contributed by atoms with Gasteiger partial charge in [0, 0.05) is 4.90 Å². The topological polar surface area (TPSA) is 42.0 Å². The third kappa shape index (κ3) is 2.80. The molecule has 0 aliphatic heterocycles. The molecule has 0 fully saturated rings. The summed E-state index contributed by atoms with van der Waals surface area (Å²) in [6.07, 6.45) is 1.97. The zero-order valence-corrected chi connectivity index (χ0v) is 13.3. The third-order valence-electron chi connectivity index (χ3n) is 3.19. The summed E-state index contributed by atoms with van der Waals surface area (Å²) in [7, 11) is 0. The van der Waals surface area contributed by atoms with Gasteiger partial charge >= 0.3 is 0 Å². The van der Waals surface area contributed by atoms with E-state index in [1.54, 1.807) is 11.8 Å². The minimum atomic E-state index is -0.114. The van der Waals surface area contributed by atoms with E-state index in [-0.39, 0.29) is 5.91 Å². The number of thioether (sulfide) groups is 1. The van der Waals surface area contributed by atoms with Crippen LogP contribution in [-0.2, 0) is 0 Å². The summed E-state index contributed by atoms with van der Waals surface area (Å²) < 4.78 is 1.09. The third-order valence-corrected chi connectivity index (χ3v) is 4.92. The molecule has 0 aliphatic carbocycles. The van der Waals surface area contributed by atoms with Crippen LogP contribution in [0.2, 0.25) is 0 Å². The molecule has 0 spiro atoms. The van der Waals surface area contributed by atoms with Crippen LogP contribution in [0.3, 0.4) is 0 Å². The van der Waals surface area contributed by atoms with Crippen LogP contribution in [0.1, 0.15) is 15.9 Å². The first-order valence-electron chi connectivity index (χ1n) is 6.49. The van der Waals surface area contributed by atoms with Gasteiger partial charge in [-0.15, -0.1) is 11.8 Å². The van der Waals surface area contributed by atoms with Crippen LogP contribution in [0.5, 0.6) is 0 Å². The lowest BCUT2D eigenvalue weighted by atomic mass is 10.2. The lowest BCUT2D eigenvalue weighted by molar-refractivity contribution is 0.102. The van der Waals surface area contributed by atoms with Crippen molar-refractivity contribution in [3.63, 3.8) is 0 Å². The second-order valence-electron chi connectivity index (χ2n) is 4.60. The number of nitrogens with one attached hydrogen (secondary N) is 1. The SMILES string of the molecule is CSc1ccccc1C(=O)Nc1nc2c(C)cccc2s1. The van der Waals surface area contributed by atoms with Gasteiger partial charge in [-0.1, -0.05) is 35.6 Å². The number of carbonyl (C=O) groups is 1. The van der Waals surface area contributed by atoms with Crippen molar-refractivity contribution in [2.24, 2.45) is 0 Å². The first-order valence-corrected chi connectivity index (χ1v) is 8.53. The first kappa shape index (κ1) is 14.1. The Morgan fingerprint density at radius 2 is 2.00 bits per heavy atom. The second kappa shape index (κ2) is 5.87. The fourth-order valence-corrected chi connectivity index (χ4v) is 3.67. The van der Waals surface area contributed by atoms with Gasteiger partial charge in [-0.2, -0.15) is 0 Å². The number of nitrogens with zero attached hydrogens (tertiary/aromatic N) is 1. The molecule has 1 heterocycles. The monoisotopic (exact) mass is 314 g/mol. The smallest absolute Gasteiger partial charge is 0.258 e. The van der Waals surface area contributed by atoms with Crippen molar-refractivity contribution < 1.29 is 4.79 Å². The summed E-state index contributed by atoms with van der Waals surface area (Å²) in [5.74, 6) is -0.114. The molecule has 5 heteroatoms. The van der Waals surface area contributed by atoms with Crippen molar-refractivity contribution in [2.45, 2.75) is 11.8 Å². The Labute approximate surface area is 131 Å². The normalized spacial score (nSPS) is 10.8. The number of carbonyl (C=O) groups excluding carboxylic acids is 1. The summed E-state index contributed by atoms with van der Waals surface area (Å²) in [5, 5.41) is 3.54. The molecule has 21 heavy (non-hydrogen) atoms. The second-order valence-corrected chi connectivity index (χ2v) is 6.47. The van der Waals surface area contributed by atoms with E-state index >= 15 is 0 Å². The Balaban J connectivity index is 1.91. The molecule has 1 amide bonds. The van der Waals surface area contributed by atoms with Crippen molar-refractivity contribution in [3.8, 4) is 0 Å². The number of aromatic nitrogens is 1. The number of hydrogen-bond donors (Lipinski definition) is 1. The van der Waals surface area contributed by atoms with E-state index in [0.29, 0.717) is 10.7 Å². The molecule has 3 aromatic rings. The van der Waals surface area contributed by atoms with Crippen molar-refractivity contribution in [1.82, 2.24) is 4.98 Å². The predicted molar refractivity (Wildman–Crippen MR) is 90.5 cm³/mol. The molecule has 3 nitrogen and oxygen atoms in total. The van der Waals surface area contributed by atoms with E-state index < -0.39 is 0 Å². The maximum atomic E-state index is 12.4. The largest absolute Gasteiger partial charge is 0.298 e. The van der Waals surface area contributed by atoms with E-state index in [4.69, 9.17) is 0 Å². The first-order chi connectivity index (χ1) is 10.2. The van der Waals surface area contributed by atoms with E-state index in [0.717, 1.165) is 20.7 Å². The van der Waals surface area contributed by atoms with Gasteiger partial charge in [0.1, 0.15) is 0 Å². The number of amides is 1. The number of para-hydroxylation sites is 1. The lowest BCUT2D eigenvalue weighted by Gasteiger charge is -2.05. The summed E-state index contributed by atoms with van der Waals surface area (Å²) in [6.45, 7) is 2.02. The van der Waals surface area contributed by atoms with E-state index in [1.807, 2.05) is 55.6 Å². The zero-order chi connectivity index (χ0) is 14.8. The molecule has 0 atom stereocenters. The van der Waals surface area contributed by atoms with Crippen molar-refractivity contribution in [3.05, 3.63) is 53.6 Å². The van der Waals surface area contributed by atoms with Crippen LogP contribution >= 0.6 is 23.1 Å². The van der Waals surface area contributed by atoms with Crippen molar-refractivity contribution in [1.29, 1.82) is 0 Å². The van der Waals surface area contributed by atoms with Gasteiger partial charge in [-0.05, 0) is 36.9 Å². The number of rotatable bonds is 3. The molecule has 3 rings (SSSR count). The highest BCUT2D eigenvalue weighted by Gasteiger charge is 2.13. The molecule has 106 valence electrons. The molecule has 0 saturated heterocycles. The number of hydrogen-bond acceptors (Lipinski definition) is 4. The zero-order valence-electron chi connectivity index (χ0n) is 11.7. The molecule has 0 radical (unpaired) electrons. The fraction of sp³-hybridized carbons (Fsp3) is 0.125. The van der Waals surface area contributed by atoms with Gasteiger partial charge in [0.2, 0.25) is 0 Å². The number of aryl methyl sites for hydroxylation is 1. The Hall–Kier alpha value is -1.85. The van der Waals surface area contributed by atoms with E-state index in [9.17, 15) is 4.79 Å². The van der Waals surface area contributed by atoms with Gasteiger partial charge in [-0.25, -0.2) is 4.98 Å². The van der Waals surface area contributed by atoms with E-state index in [1.165, 1.54) is 11.3 Å². The van der Waals surface area contributed by atoms with Gasteiger partial charge in [0.05, 0.1) is 15.8 Å². The van der Waals surface area contributed by atoms with E-state index in [2.05, 4.69) is 10.3 Å². The summed E-state index contributed by atoms with van der Waals surface area (Å²) in [4.78, 5) is 17.9. The van der Waals surface area contributed by atoms with Crippen LogP contribution < -0.4 is 5.32 Å².